The van der Waals surface area contributed by atoms with Gasteiger partial charge in [0, 0.05) is 39.0 Å². The van der Waals surface area contributed by atoms with Gasteiger partial charge in [-0.25, -0.2) is 10.3 Å². The number of rotatable bonds is 9. The van der Waals surface area contributed by atoms with E-state index >= 15 is 0 Å². The molecule has 0 fully saturated rings. The van der Waals surface area contributed by atoms with E-state index < -0.39 is 11.9 Å². The van der Waals surface area contributed by atoms with Gasteiger partial charge in [0.15, 0.2) is 0 Å². The van der Waals surface area contributed by atoms with Crippen LogP contribution in [0.3, 0.4) is 0 Å². The van der Waals surface area contributed by atoms with Crippen molar-refractivity contribution in [3.63, 3.8) is 0 Å². The normalized spacial score (nSPS) is 9.19. The summed E-state index contributed by atoms with van der Waals surface area (Å²) in [6.45, 7) is 4.25. The van der Waals surface area contributed by atoms with Crippen LogP contribution in [0.4, 0.5) is 5.69 Å². The van der Waals surface area contributed by atoms with Crippen molar-refractivity contribution in [1.29, 1.82) is 0 Å². The molecule has 2 amide bonds. The molecule has 0 heterocycles. The number of amides is 2. The predicted octanol–water partition coefficient (Wildman–Crippen LogP) is 3.58. The molecule has 1 aromatic carbocycles. The molecule has 0 radical (unpaired) electrons. The molecular weight excluding hydrogens is 431 g/mol. The summed E-state index contributed by atoms with van der Waals surface area (Å²) >= 11 is 0. The van der Waals surface area contributed by atoms with Gasteiger partial charge in [0.2, 0.25) is 11.8 Å². The van der Waals surface area contributed by atoms with E-state index in [-0.39, 0.29) is 38.3 Å². The van der Waals surface area contributed by atoms with Crippen LogP contribution in [-0.4, -0.2) is 28.1 Å². The van der Waals surface area contributed by atoms with Gasteiger partial charge < -0.3 is 10.4 Å². The summed E-state index contributed by atoms with van der Waals surface area (Å²) in [4.78, 5) is 33.2. The average Bonchev–Trinajstić information content (AvgIpc) is 2.58. The maximum atomic E-state index is 11.7. The smallest absolute Gasteiger partial charge is 0.335 e. The molecule has 4 N–H and O–H groups in total. The predicted molar refractivity (Wildman–Crippen MR) is 95.6 cm³/mol. The molecule has 26 heavy (non-hydrogen) atoms. The van der Waals surface area contributed by atoms with E-state index in [1.807, 2.05) is 0 Å². The third-order valence-electron chi connectivity index (χ3n) is 3.10. The van der Waals surface area contributed by atoms with E-state index in [9.17, 15) is 14.4 Å². The summed E-state index contributed by atoms with van der Waals surface area (Å²) in [6, 6.07) is 5.97. The van der Waals surface area contributed by atoms with Gasteiger partial charge in [-0.1, -0.05) is 33.1 Å². The van der Waals surface area contributed by atoms with Crippen LogP contribution in [0.2, 0.25) is 0 Å². The Kier molecular flexibility index (Phi) is 17.0. The monoisotopic (exact) mass is 458 g/mol. The molecule has 0 saturated heterocycles. The Bertz CT molecular complexity index is 535. The Morgan fingerprint density at radius 1 is 0.885 bits per heavy atom. The summed E-state index contributed by atoms with van der Waals surface area (Å²) in [7, 11) is 0. The van der Waals surface area contributed by atoms with Crippen molar-refractivity contribution < 1.29 is 45.1 Å². The van der Waals surface area contributed by atoms with E-state index in [0.29, 0.717) is 24.9 Å². The number of anilines is 1. The van der Waals surface area contributed by atoms with Gasteiger partial charge in [-0.05, 0) is 37.1 Å². The van der Waals surface area contributed by atoms with Gasteiger partial charge >= 0.3 is 5.97 Å². The first-order valence-corrected chi connectivity index (χ1v) is 8.50. The number of aromatic carboxylic acids is 1. The third-order valence-corrected chi connectivity index (χ3v) is 3.10. The van der Waals surface area contributed by atoms with E-state index in [0.717, 1.165) is 12.8 Å². The molecule has 0 aromatic heterocycles. The number of hydroxylamine groups is 1. The molecule has 0 unspecified atom stereocenters. The molecule has 150 valence electrons. The van der Waals surface area contributed by atoms with E-state index in [1.54, 1.807) is 17.6 Å². The molecule has 0 atom stereocenters. The standard InChI is InChI=1S/C15H20N2O5.C3H8.Pd/c18-13(5-3-1-2-4-6-14(19)17-22)16-12-9-7-11(8-10-12)15(20)21;1-3-2;/h7-10,22H,1-6H2,(H,16,18)(H,17,19)(H,20,21);3H2,1-2H3;. The van der Waals surface area contributed by atoms with Crippen LogP contribution in [0, 0.1) is 0 Å². The summed E-state index contributed by atoms with van der Waals surface area (Å²) in [5, 5.41) is 19.8. The minimum absolute atomic E-state index is 0. The second-order valence-corrected chi connectivity index (χ2v) is 5.59. The zero-order valence-corrected chi connectivity index (χ0v) is 16.7. The van der Waals surface area contributed by atoms with Crippen LogP contribution in [0.1, 0.15) is 69.2 Å². The number of unbranched alkanes of at least 4 members (excludes halogenated alkanes) is 3. The molecule has 0 spiro atoms. The van der Waals surface area contributed by atoms with Crippen LogP contribution in [0.5, 0.6) is 0 Å². The maximum absolute atomic E-state index is 11.7. The Morgan fingerprint density at radius 3 is 1.77 bits per heavy atom. The van der Waals surface area contributed by atoms with Gasteiger partial charge in [-0.15, -0.1) is 0 Å². The molecule has 1 aromatic rings. The number of hydrogen-bond acceptors (Lipinski definition) is 4. The number of carbonyl (C=O) groups excluding carboxylic acids is 2. The second-order valence-electron chi connectivity index (χ2n) is 5.59. The number of hydrogen-bond donors (Lipinski definition) is 4. The quantitative estimate of drug-likeness (QED) is 0.195. The van der Waals surface area contributed by atoms with Crippen LogP contribution < -0.4 is 10.8 Å². The van der Waals surface area contributed by atoms with Gasteiger partial charge in [-0.3, -0.25) is 14.8 Å². The summed E-state index contributed by atoms with van der Waals surface area (Å²) in [6.07, 6.45) is 4.91. The largest absolute Gasteiger partial charge is 0.478 e. The van der Waals surface area contributed by atoms with E-state index in [1.165, 1.54) is 18.6 Å². The molecule has 7 nitrogen and oxygen atoms in total. The third kappa shape index (κ3) is 13.5. The van der Waals surface area contributed by atoms with Crippen molar-refractivity contribution in [2.45, 2.75) is 58.8 Å². The molecule has 0 saturated carbocycles. The first-order chi connectivity index (χ1) is 11.9. The van der Waals surface area contributed by atoms with Crippen LogP contribution in [0.15, 0.2) is 24.3 Å². The van der Waals surface area contributed by atoms with Crippen molar-refractivity contribution in [3.8, 4) is 0 Å². The topological polar surface area (TPSA) is 116 Å². The molecule has 0 bridgehead atoms. The van der Waals surface area contributed by atoms with E-state index in [4.69, 9.17) is 10.3 Å². The number of carbonyl (C=O) groups is 3. The molecular formula is C18H28N2O5Pd. The molecule has 0 aliphatic carbocycles. The number of nitrogens with one attached hydrogen (secondary N) is 2. The van der Waals surface area contributed by atoms with Gasteiger partial charge in [0.05, 0.1) is 5.56 Å². The minimum atomic E-state index is -1.01. The van der Waals surface area contributed by atoms with Gasteiger partial charge in [-0.2, -0.15) is 0 Å². The summed E-state index contributed by atoms with van der Waals surface area (Å²) in [5.74, 6) is -1.54. The Balaban J connectivity index is 0. The van der Waals surface area contributed by atoms with Crippen molar-refractivity contribution in [2.24, 2.45) is 0 Å². The van der Waals surface area contributed by atoms with Crippen molar-refractivity contribution in [3.05, 3.63) is 29.8 Å². The van der Waals surface area contributed by atoms with Gasteiger partial charge in [0.25, 0.3) is 0 Å². The fraction of sp³-hybridized carbons (Fsp3) is 0.500. The first kappa shape index (κ1) is 26.5. The van der Waals surface area contributed by atoms with Crippen LogP contribution >= 0.6 is 0 Å². The van der Waals surface area contributed by atoms with Crippen molar-refractivity contribution in [1.82, 2.24) is 5.48 Å². The zero-order chi connectivity index (χ0) is 19.1. The summed E-state index contributed by atoms with van der Waals surface area (Å²) < 4.78 is 0. The molecule has 0 aliphatic heterocycles. The average molecular weight is 459 g/mol. The van der Waals surface area contributed by atoms with Crippen LogP contribution in [-0.2, 0) is 30.0 Å². The summed E-state index contributed by atoms with van der Waals surface area (Å²) in [5.41, 5.74) is 2.31. The Labute approximate surface area is 168 Å². The fourth-order valence-corrected chi connectivity index (χ4v) is 1.90. The maximum Gasteiger partial charge on any atom is 0.335 e. The Morgan fingerprint density at radius 2 is 1.35 bits per heavy atom. The Hall–Kier alpha value is -1.75. The zero-order valence-electron chi connectivity index (χ0n) is 15.2. The SMILES string of the molecule is CCC.O=C(CCCCCCC(=O)Nc1ccc(C(=O)O)cc1)NO.[Pd]. The first-order valence-electron chi connectivity index (χ1n) is 8.50. The van der Waals surface area contributed by atoms with Gasteiger partial charge in [0.1, 0.15) is 0 Å². The van der Waals surface area contributed by atoms with E-state index in [2.05, 4.69) is 19.2 Å². The molecule has 0 aliphatic rings. The van der Waals surface area contributed by atoms with Crippen molar-refractivity contribution in [2.75, 3.05) is 5.32 Å². The fourth-order valence-electron chi connectivity index (χ4n) is 1.90. The second kappa shape index (κ2) is 16.7. The van der Waals surface area contributed by atoms with Crippen LogP contribution in [0.25, 0.3) is 0 Å². The molecule has 1 rings (SSSR count). The molecule has 8 heteroatoms. The minimum Gasteiger partial charge on any atom is -0.478 e. The number of carboxylic acids is 1. The van der Waals surface area contributed by atoms with Crippen molar-refractivity contribution >= 4 is 23.5 Å². The number of carboxylic acid groups (broad SMARTS) is 1. The number of benzene rings is 1.